The molecule has 2 aromatic carbocycles. The minimum Gasteiger partial charge on any atom is -0.392 e. The molecule has 0 bridgehead atoms. The second kappa shape index (κ2) is 6.42. The van der Waals surface area contributed by atoms with Crippen LogP contribution in [0, 0.1) is 6.92 Å². The predicted octanol–water partition coefficient (Wildman–Crippen LogP) is 4.98. The highest BCUT2D eigenvalue weighted by Crippen LogP contribution is 2.26. The van der Waals surface area contributed by atoms with Gasteiger partial charge in [-0.3, -0.25) is 0 Å². The van der Waals surface area contributed by atoms with Gasteiger partial charge in [-0.15, -0.1) is 0 Å². The minimum atomic E-state index is 0.00487. The Labute approximate surface area is 138 Å². The number of nitrogens with zero attached hydrogens (tertiary/aromatic N) is 1. The van der Waals surface area contributed by atoms with Gasteiger partial charge in [-0.1, -0.05) is 57.9 Å². The van der Waals surface area contributed by atoms with Gasteiger partial charge in [-0.2, -0.15) is 0 Å². The Morgan fingerprint density at radius 1 is 0.864 bits per heavy atom. The zero-order chi connectivity index (χ0) is 15.5. The third kappa shape index (κ3) is 3.26. The highest BCUT2D eigenvalue weighted by atomic mass is 79.9. The summed E-state index contributed by atoms with van der Waals surface area (Å²) in [4.78, 5) is 4.75. The number of halogens is 1. The second-order valence-corrected chi connectivity index (χ2v) is 6.19. The minimum absolute atomic E-state index is 0.00487. The van der Waals surface area contributed by atoms with E-state index in [0.29, 0.717) is 0 Å². The van der Waals surface area contributed by atoms with Gasteiger partial charge in [0.2, 0.25) is 0 Å². The summed E-state index contributed by atoms with van der Waals surface area (Å²) in [5, 5.41) is 9.53. The van der Waals surface area contributed by atoms with Gasteiger partial charge in [0.15, 0.2) is 0 Å². The molecule has 0 aliphatic carbocycles. The van der Waals surface area contributed by atoms with Crippen molar-refractivity contribution >= 4 is 15.9 Å². The van der Waals surface area contributed by atoms with Crippen LogP contribution in [0.25, 0.3) is 22.5 Å². The number of rotatable bonds is 3. The summed E-state index contributed by atoms with van der Waals surface area (Å²) in [6.45, 7) is 2.07. The fourth-order valence-corrected chi connectivity index (χ4v) is 2.58. The van der Waals surface area contributed by atoms with Crippen LogP contribution in [-0.4, -0.2) is 10.1 Å². The number of pyridine rings is 1. The molecule has 0 spiro atoms. The van der Waals surface area contributed by atoms with Crippen LogP contribution in [0.3, 0.4) is 0 Å². The maximum absolute atomic E-state index is 9.53. The molecule has 22 heavy (non-hydrogen) atoms. The summed E-state index contributed by atoms with van der Waals surface area (Å²) >= 11 is 3.44. The van der Waals surface area contributed by atoms with Crippen molar-refractivity contribution in [1.29, 1.82) is 0 Å². The highest BCUT2D eigenvalue weighted by Gasteiger charge is 2.07. The lowest BCUT2D eigenvalue weighted by molar-refractivity contribution is 0.282. The van der Waals surface area contributed by atoms with Crippen LogP contribution in [0.1, 0.15) is 11.1 Å². The van der Waals surface area contributed by atoms with Gasteiger partial charge in [0.25, 0.3) is 0 Å². The summed E-state index contributed by atoms with van der Waals surface area (Å²) in [5.74, 6) is 0. The smallest absolute Gasteiger partial charge is 0.0713 e. The van der Waals surface area contributed by atoms with Crippen molar-refractivity contribution in [1.82, 2.24) is 4.98 Å². The molecular weight excluding hydrogens is 338 g/mol. The molecule has 0 unspecified atom stereocenters. The molecule has 1 heterocycles. The third-order valence-corrected chi connectivity index (χ3v) is 4.08. The van der Waals surface area contributed by atoms with Crippen molar-refractivity contribution in [2.45, 2.75) is 13.5 Å². The molecule has 2 nitrogen and oxygen atoms in total. The maximum atomic E-state index is 9.53. The number of aliphatic hydroxyl groups excluding tert-OH is 1. The first-order chi connectivity index (χ1) is 10.7. The molecule has 0 atom stereocenters. The lowest BCUT2D eigenvalue weighted by atomic mass is 10.0. The van der Waals surface area contributed by atoms with E-state index < -0.39 is 0 Å². The summed E-state index contributed by atoms with van der Waals surface area (Å²) in [5.41, 5.74) is 5.92. The Bertz CT molecular complexity index is 716. The summed E-state index contributed by atoms with van der Waals surface area (Å²) in [7, 11) is 0. The van der Waals surface area contributed by atoms with E-state index >= 15 is 0 Å². The standard InChI is InChI=1S/C19H16BrNO/c1-13-2-4-15(5-3-13)18-10-14(12-22)11-19(21-18)16-6-8-17(20)9-7-16/h2-11,22H,12H2,1H3. The zero-order valence-corrected chi connectivity index (χ0v) is 13.8. The Balaban J connectivity index is 2.10. The van der Waals surface area contributed by atoms with Crippen LogP contribution >= 0.6 is 15.9 Å². The first kappa shape index (κ1) is 14.9. The van der Waals surface area contributed by atoms with Gasteiger partial charge in [0, 0.05) is 15.6 Å². The van der Waals surface area contributed by atoms with Crippen LogP contribution in [0.5, 0.6) is 0 Å². The number of hydrogen-bond acceptors (Lipinski definition) is 2. The molecule has 0 aliphatic rings. The van der Waals surface area contributed by atoms with Gasteiger partial charge in [-0.05, 0) is 36.8 Å². The van der Waals surface area contributed by atoms with Crippen molar-refractivity contribution in [3.05, 3.63) is 76.3 Å². The maximum Gasteiger partial charge on any atom is 0.0713 e. The normalized spacial score (nSPS) is 10.7. The number of aromatic nitrogens is 1. The van der Waals surface area contributed by atoms with E-state index in [4.69, 9.17) is 4.98 Å². The lowest BCUT2D eigenvalue weighted by Gasteiger charge is -2.09. The Hall–Kier alpha value is -1.97. The first-order valence-electron chi connectivity index (χ1n) is 7.10. The fraction of sp³-hybridized carbons (Fsp3) is 0.105. The Kier molecular flexibility index (Phi) is 4.36. The van der Waals surface area contributed by atoms with E-state index in [1.54, 1.807) is 0 Å². The largest absolute Gasteiger partial charge is 0.392 e. The van der Waals surface area contributed by atoms with Crippen molar-refractivity contribution in [3.63, 3.8) is 0 Å². The van der Waals surface area contributed by atoms with E-state index in [1.165, 1.54) is 5.56 Å². The average molecular weight is 354 g/mol. The molecule has 0 fully saturated rings. The molecule has 0 amide bonds. The molecule has 3 aromatic rings. The molecule has 3 heteroatoms. The highest BCUT2D eigenvalue weighted by molar-refractivity contribution is 9.10. The van der Waals surface area contributed by atoms with Crippen LogP contribution in [0.2, 0.25) is 0 Å². The molecule has 1 aromatic heterocycles. The monoisotopic (exact) mass is 353 g/mol. The van der Waals surface area contributed by atoms with Gasteiger partial charge < -0.3 is 5.11 Å². The zero-order valence-electron chi connectivity index (χ0n) is 12.3. The molecule has 3 rings (SSSR count). The first-order valence-corrected chi connectivity index (χ1v) is 7.90. The quantitative estimate of drug-likeness (QED) is 0.720. The molecular formula is C19H16BrNO. The van der Waals surface area contributed by atoms with Gasteiger partial charge in [0.1, 0.15) is 0 Å². The van der Waals surface area contributed by atoms with Crippen LogP contribution in [0.4, 0.5) is 0 Å². The van der Waals surface area contributed by atoms with Crippen molar-refractivity contribution < 1.29 is 5.11 Å². The van der Waals surface area contributed by atoms with Crippen molar-refractivity contribution in [2.75, 3.05) is 0 Å². The van der Waals surface area contributed by atoms with Gasteiger partial charge in [0.05, 0.1) is 18.0 Å². The molecule has 0 saturated heterocycles. The lowest BCUT2D eigenvalue weighted by Crippen LogP contribution is -1.93. The van der Waals surface area contributed by atoms with Crippen molar-refractivity contribution in [3.8, 4) is 22.5 Å². The van der Waals surface area contributed by atoms with Crippen LogP contribution in [-0.2, 0) is 6.61 Å². The molecule has 0 aliphatic heterocycles. The summed E-state index contributed by atoms with van der Waals surface area (Å²) in [6.07, 6.45) is 0. The SMILES string of the molecule is Cc1ccc(-c2cc(CO)cc(-c3ccc(Br)cc3)n2)cc1. The van der Waals surface area contributed by atoms with E-state index in [2.05, 4.69) is 47.1 Å². The molecule has 0 saturated carbocycles. The number of hydrogen-bond donors (Lipinski definition) is 1. The number of aryl methyl sites for hydroxylation is 1. The van der Waals surface area contributed by atoms with Crippen LogP contribution in [0.15, 0.2) is 65.1 Å². The molecule has 0 radical (unpaired) electrons. The van der Waals surface area contributed by atoms with E-state index in [-0.39, 0.29) is 6.61 Å². The number of aliphatic hydroxyl groups is 1. The van der Waals surface area contributed by atoms with Gasteiger partial charge >= 0.3 is 0 Å². The predicted molar refractivity (Wildman–Crippen MR) is 93.5 cm³/mol. The average Bonchev–Trinajstić information content (AvgIpc) is 2.55. The van der Waals surface area contributed by atoms with E-state index in [1.807, 2.05) is 36.4 Å². The topological polar surface area (TPSA) is 33.1 Å². The third-order valence-electron chi connectivity index (χ3n) is 3.56. The Morgan fingerprint density at radius 3 is 1.86 bits per heavy atom. The Morgan fingerprint density at radius 2 is 1.36 bits per heavy atom. The van der Waals surface area contributed by atoms with E-state index in [0.717, 1.165) is 32.6 Å². The molecule has 1 N–H and O–H groups in total. The second-order valence-electron chi connectivity index (χ2n) is 5.28. The van der Waals surface area contributed by atoms with E-state index in [9.17, 15) is 5.11 Å². The summed E-state index contributed by atoms with van der Waals surface area (Å²) in [6, 6.07) is 20.2. The van der Waals surface area contributed by atoms with Crippen molar-refractivity contribution in [2.24, 2.45) is 0 Å². The number of benzene rings is 2. The summed E-state index contributed by atoms with van der Waals surface area (Å²) < 4.78 is 1.04. The van der Waals surface area contributed by atoms with Crippen LogP contribution < -0.4 is 0 Å². The molecule has 110 valence electrons. The van der Waals surface area contributed by atoms with Gasteiger partial charge in [-0.25, -0.2) is 4.98 Å². The fourth-order valence-electron chi connectivity index (χ4n) is 2.32.